The minimum absolute atomic E-state index is 0.149. The van der Waals surface area contributed by atoms with Gasteiger partial charge >= 0.3 is 0 Å². The minimum atomic E-state index is -0.426. The van der Waals surface area contributed by atoms with Crippen molar-refractivity contribution in [1.29, 1.82) is 0 Å². The molecule has 1 N–H and O–H groups in total. The van der Waals surface area contributed by atoms with E-state index in [1.54, 1.807) is 24.1 Å². The van der Waals surface area contributed by atoms with Gasteiger partial charge in [0.2, 0.25) is 11.7 Å². The second kappa shape index (κ2) is 10.0. The number of methoxy groups -OCH3 is 3. The molecule has 0 bridgehead atoms. The number of hydrogen-bond donors (Lipinski definition) is 1. The average molecular weight is 421 g/mol. The van der Waals surface area contributed by atoms with E-state index >= 15 is 0 Å². The Kier molecular flexibility index (Phi) is 7.73. The van der Waals surface area contributed by atoms with Crippen molar-refractivity contribution in [3.8, 4) is 17.2 Å². The molecule has 2 aromatic carbocycles. The van der Waals surface area contributed by atoms with Gasteiger partial charge in [-0.2, -0.15) is 0 Å². The lowest BCUT2D eigenvalue weighted by atomic mass is 10.1. The summed E-state index contributed by atoms with van der Waals surface area (Å²) in [5, 5.41) is 3.26. The molecule has 0 fully saturated rings. The monoisotopic (exact) mass is 420 g/mol. The van der Waals surface area contributed by atoms with Gasteiger partial charge in [-0.15, -0.1) is 0 Å². The van der Waals surface area contributed by atoms with Crippen LogP contribution in [0, 0.1) is 0 Å². The summed E-state index contributed by atoms with van der Waals surface area (Å²) < 4.78 is 15.8. The fraction of sp³-hybridized carbons (Fsp3) is 0.333. The summed E-state index contributed by atoms with van der Waals surface area (Å²) in [6, 6.07) is 10.2. The van der Waals surface area contributed by atoms with Gasteiger partial charge in [-0.1, -0.05) is 23.7 Å². The summed E-state index contributed by atoms with van der Waals surface area (Å²) in [6.45, 7) is 1.76. The summed E-state index contributed by atoms with van der Waals surface area (Å²) >= 11 is 5.91. The molecule has 0 heterocycles. The first-order valence-electron chi connectivity index (χ1n) is 8.91. The van der Waals surface area contributed by atoms with Crippen molar-refractivity contribution >= 4 is 23.4 Å². The number of likely N-dealkylation sites (N-methyl/N-ethyl adjacent to an activating group) is 1. The van der Waals surface area contributed by atoms with Crippen molar-refractivity contribution < 1.29 is 23.8 Å². The van der Waals surface area contributed by atoms with E-state index in [1.165, 1.54) is 33.5 Å². The maximum Gasteiger partial charge on any atom is 0.251 e. The third kappa shape index (κ3) is 5.32. The summed E-state index contributed by atoms with van der Waals surface area (Å²) in [5.41, 5.74) is 1.24. The number of nitrogens with one attached hydrogen (secondary N) is 1. The van der Waals surface area contributed by atoms with E-state index in [0.717, 1.165) is 5.56 Å². The van der Waals surface area contributed by atoms with Crippen LogP contribution < -0.4 is 19.5 Å². The Morgan fingerprint density at radius 3 is 2.07 bits per heavy atom. The normalized spacial score (nSPS) is 11.4. The van der Waals surface area contributed by atoms with E-state index in [0.29, 0.717) is 27.8 Å². The summed E-state index contributed by atoms with van der Waals surface area (Å²) in [6.07, 6.45) is 0. The standard InChI is InChI=1S/C21H25ClN2O5/c1-13(14-6-8-16(22)9-7-14)24(2)19(25)12-23-21(26)15-10-17(27-3)20(29-5)18(11-15)28-4/h6-11,13H,12H2,1-5H3,(H,23,26). The van der Waals surface area contributed by atoms with Crippen LogP contribution >= 0.6 is 11.6 Å². The first-order chi connectivity index (χ1) is 13.8. The van der Waals surface area contributed by atoms with Crippen LogP contribution in [0.5, 0.6) is 17.2 Å². The van der Waals surface area contributed by atoms with E-state index < -0.39 is 5.91 Å². The zero-order valence-electron chi connectivity index (χ0n) is 17.1. The number of carbonyl (C=O) groups excluding carboxylic acids is 2. The van der Waals surface area contributed by atoms with Crippen LogP contribution in [0.3, 0.4) is 0 Å². The molecule has 1 unspecified atom stereocenters. The highest BCUT2D eigenvalue weighted by atomic mass is 35.5. The Hall–Kier alpha value is -2.93. The highest BCUT2D eigenvalue weighted by Crippen LogP contribution is 2.38. The molecule has 29 heavy (non-hydrogen) atoms. The van der Waals surface area contributed by atoms with E-state index in [2.05, 4.69) is 5.32 Å². The Balaban J connectivity index is 2.06. The molecule has 2 aromatic rings. The third-order valence-corrected chi connectivity index (χ3v) is 4.91. The topological polar surface area (TPSA) is 77.1 Å². The molecule has 0 radical (unpaired) electrons. The molecular formula is C21H25ClN2O5. The smallest absolute Gasteiger partial charge is 0.251 e. The van der Waals surface area contributed by atoms with E-state index in [4.69, 9.17) is 25.8 Å². The number of halogens is 1. The molecule has 156 valence electrons. The van der Waals surface area contributed by atoms with Crippen LogP contribution in [-0.4, -0.2) is 51.6 Å². The molecular weight excluding hydrogens is 396 g/mol. The number of carbonyl (C=O) groups is 2. The second-order valence-corrected chi connectivity index (χ2v) is 6.77. The molecule has 1 atom stereocenters. The van der Waals surface area contributed by atoms with Crippen molar-refractivity contribution in [2.24, 2.45) is 0 Å². The van der Waals surface area contributed by atoms with Crippen molar-refractivity contribution in [2.45, 2.75) is 13.0 Å². The molecule has 0 saturated carbocycles. The summed E-state index contributed by atoms with van der Waals surface area (Å²) in [5.74, 6) is 0.450. The highest BCUT2D eigenvalue weighted by Gasteiger charge is 2.20. The molecule has 2 rings (SSSR count). The lowest BCUT2D eigenvalue weighted by Crippen LogP contribution is -2.39. The van der Waals surface area contributed by atoms with E-state index in [-0.39, 0.29) is 18.5 Å². The van der Waals surface area contributed by atoms with Crippen molar-refractivity contribution in [1.82, 2.24) is 10.2 Å². The Morgan fingerprint density at radius 1 is 1.03 bits per heavy atom. The SMILES string of the molecule is COc1cc(C(=O)NCC(=O)N(C)C(C)c2ccc(Cl)cc2)cc(OC)c1OC. The lowest BCUT2D eigenvalue weighted by Gasteiger charge is -2.25. The Labute approximate surface area is 175 Å². The van der Waals surface area contributed by atoms with Gasteiger partial charge in [0.25, 0.3) is 5.91 Å². The average Bonchev–Trinajstić information content (AvgIpc) is 2.75. The molecule has 0 saturated heterocycles. The van der Waals surface area contributed by atoms with Gasteiger partial charge < -0.3 is 24.4 Å². The molecule has 0 aliphatic carbocycles. The molecule has 0 spiro atoms. The molecule has 7 nitrogen and oxygen atoms in total. The van der Waals surface area contributed by atoms with Crippen LogP contribution in [-0.2, 0) is 4.79 Å². The van der Waals surface area contributed by atoms with Gasteiger partial charge in [0.15, 0.2) is 11.5 Å². The third-order valence-electron chi connectivity index (χ3n) is 4.65. The predicted octanol–water partition coefficient (Wildman–Crippen LogP) is 3.32. The predicted molar refractivity (Wildman–Crippen MR) is 111 cm³/mol. The lowest BCUT2D eigenvalue weighted by molar-refractivity contribution is -0.130. The number of rotatable bonds is 8. The van der Waals surface area contributed by atoms with Gasteiger partial charge in [0.05, 0.1) is 33.9 Å². The fourth-order valence-corrected chi connectivity index (χ4v) is 2.90. The van der Waals surface area contributed by atoms with Gasteiger partial charge in [-0.3, -0.25) is 9.59 Å². The number of benzene rings is 2. The highest BCUT2D eigenvalue weighted by molar-refractivity contribution is 6.30. The molecule has 0 aromatic heterocycles. The van der Waals surface area contributed by atoms with Gasteiger partial charge in [-0.25, -0.2) is 0 Å². The summed E-state index contributed by atoms with van der Waals surface area (Å²) in [7, 11) is 6.11. The molecule has 0 aliphatic heterocycles. The number of amides is 2. The molecule has 2 amide bonds. The van der Waals surface area contributed by atoms with Crippen LogP contribution in [0.4, 0.5) is 0 Å². The van der Waals surface area contributed by atoms with Crippen molar-refractivity contribution in [3.63, 3.8) is 0 Å². The maximum atomic E-state index is 12.5. The minimum Gasteiger partial charge on any atom is -0.493 e. The van der Waals surface area contributed by atoms with E-state index in [1.807, 2.05) is 19.1 Å². The van der Waals surface area contributed by atoms with Gasteiger partial charge in [0.1, 0.15) is 0 Å². The van der Waals surface area contributed by atoms with Gasteiger partial charge in [-0.05, 0) is 36.8 Å². The van der Waals surface area contributed by atoms with Crippen molar-refractivity contribution in [3.05, 3.63) is 52.5 Å². The summed E-state index contributed by atoms with van der Waals surface area (Å²) in [4.78, 5) is 26.6. The fourth-order valence-electron chi connectivity index (χ4n) is 2.78. The van der Waals surface area contributed by atoms with Crippen LogP contribution in [0.25, 0.3) is 0 Å². The van der Waals surface area contributed by atoms with Crippen LogP contribution in [0.1, 0.15) is 28.9 Å². The van der Waals surface area contributed by atoms with Gasteiger partial charge in [0, 0.05) is 17.6 Å². The number of ether oxygens (including phenoxy) is 3. The Bertz CT molecular complexity index is 845. The molecule has 0 aliphatic rings. The molecule has 8 heteroatoms. The number of nitrogens with zero attached hydrogens (tertiary/aromatic N) is 1. The largest absolute Gasteiger partial charge is 0.493 e. The first kappa shape index (κ1) is 22.4. The maximum absolute atomic E-state index is 12.5. The van der Waals surface area contributed by atoms with Crippen LogP contribution in [0.15, 0.2) is 36.4 Å². The first-order valence-corrected chi connectivity index (χ1v) is 9.29. The zero-order valence-corrected chi connectivity index (χ0v) is 17.9. The van der Waals surface area contributed by atoms with E-state index in [9.17, 15) is 9.59 Å². The Morgan fingerprint density at radius 2 is 1.59 bits per heavy atom. The zero-order chi connectivity index (χ0) is 21.6. The van der Waals surface area contributed by atoms with Crippen molar-refractivity contribution in [2.75, 3.05) is 34.9 Å². The quantitative estimate of drug-likeness (QED) is 0.708. The second-order valence-electron chi connectivity index (χ2n) is 6.33. The number of hydrogen-bond acceptors (Lipinski definition) is 5. The van der Waals surface area contributed by atoms with Crippen LogP contribution in [0.2, 0.25) is 5.02 Å².